The van der Waals surface area contributed by atoms with Crippen molar-refractivity contribution in [3.63, 3.8) is 0 Å². The van der Waals surface area contributed by atoms with Gasteiger partial charge in [-0.05, 0) is 6.42 Å². The predicted molar refractivity (Wildman–Crippen MR) is 67.0 cm³/mol. The van der Waals surface area contributed by atoms with Gasteiger partial charge in [0.25, 0.3) is 5.91 Å². The number of amides is 1. The van der Waals surface area contributed by atoms with Crippen molar-refractivity contribution >= 4 is 11.9 Å². The average molecular weight is 261 g/mol. The number of nitrogens with one attached hydrogen (secondary N) is 2. The molecule has 0 saturated heterocycles. The molecule has 1 rings (SSSR count). The number of anilines is 1. The van der Waals surface area contributed by atoms with E-state index >= 15 is 0 Å². The van der Waals surface area contributed by atoms with Gasteiger partial charge in [0.2, 0.25) is 5.95 Å². The maximum Gasteiger partial charge on any atom is 0.252 e. The first-order valence-corrected chi connectivity index (χ1v) is 5.99. The SMILES string of the molecule is CCCCCOCC(=O)Nc1nc(C#N)c(C#N)[nH]1. The molecule has 0 atom stereocenters. The van der Waals surface area contributed by atoms with Gasteiger partial charge in [-0.2, -0.15) is 10.5 Å². The summed E-state index contributed by atoms with van der Waals surface area (Å²) in [5, 5.41) is 19.8. The van der Waals surface area contributed by atoms with Gasteiger partial charge in [-0.15, -0.1) is 0 Å². The lowest BCUT2D eigenvalue weighted by Crippen LogP contribution is -2.19. The van der Waals surface area contributed by atoms with Crippen LogP contribution in [0, 0.1) is 22.7 Å². The molecule has 100 valence electrons. The molecule has 7 heteroatoms. The van der Waals surface area contributed by atoms with Gasteiger partial charge < -0.3 is 9.72 Å². The fourth-order valence-electron chi connectivity index (χ4n) is 1.38. The third-order valence-corrected chi connectivity index (χ3v) is 2.30. The molecule has 0 saturated carbocycles. The fourth-order valence-corrected chi connectivity index (χ4v) is 1.38. The van der Waals surface area contributed by atoms with E-state index in [9.17, 15) is 4.79 Å². The number of ether oxygens (including phenoxy) is 1. The smallest absolute Gasteiger partial charge is 0.252 e. The number of unbranched alkanes of at least 4 members (excludes halogenated alkanes) is 2. The molecule has 7 nitrogen and oxygen atoms in total. The van der Waals surface area contributed by atoms with Crippen molar-refractivity contribution in [2.75, 3.05) is 18.5 Å². The highest BCUT2D eigenvalue weighted by Crippen LogP contribution is 2.07. The Kier molecular flexibility index (Phi) is 6.07. The molecule has 0 radical (unpaired) electrons. The molecule has 1 heterocycles. The Morgan fingerprint density at radius 3 is 2.79 bits per heavy atom. The van der Waals surface area contributed by atoms with Crippen molar-refractivity contribution in [2.24, 2.45) is 0 Å². The standard InChI is InChI=1S/C12H15N5O2/c1-2-3-4-5-19-8-11(18)17-12-15-9(6-13)10(7-14)16-12/h2-5,8H2,1H3,(H2,15,16,17,18). The largest absolute Gasteiger partial charge is 0.372 e. The van der Waals surface area contributed by atoms with Crippen molar-refractivity contribution in [1.82, 2.24) is 9.97 Å². The van der Waals surface area contributed by atoms with Crippen molar-refractivity contribution in [1.29, 1.82) is 10.5 Å². The maximum absolute atomic E-state index is 11.5. The molecular formula is C12H15N5O2. The molecule has 0 aliphatic heterocycles. The van der Waals surface area contributed by atoms with Gasteiger partial charge in [0.15, 0.2) is 11.4 Å². The first-order valence-electron chi connectivity index (χ1n) is 5.99. The minimum Gasteiger partial charge on any atom is -0.372 e. The van der Waals surface area contributed by atoms with E-state index in [1.165, 1.54) is 0 Å². The number of carbonyl (C=O) groups is 1. The molecule has 1 amide bonds. The lowest BCUT2D eigenvalue weighted by molar-refractivity contribution is -0.120. The Hall–Kier alpha value is -2.38. The van der Waals surface area contributed by atoms with Crippen molar-refractivity contribution in [3.05, 3.63) is 11.4 Å². The Labute approximate surface area is 111 Å². The molecule has 2 N–H and O–H groups in total. The van der Waals surface area contributed by atoms with Gasteiger partial charge in [0, 0.05) is 6.61 Å². The van der Waals surface area contributed by atoms with Gasteiger partial charge in [0.1, 0.15) is 18.7 Å². The van der Waals surface area contributed by atoms with Crippen LogP contribution in [0.4, 0.5) is 5.95 Å². The van der Waals surface area contributed by atoms with Crippen LogP contribution in [0.15, 0.2) is 0 Å². The Morgan fingerprint density at radius 2 is 2.21 bits per heavy atom. The zero-order chi connectivity index (χ0) is 14.1. The predicted octanol–water partition coefficient (Wildman–Crippen LogP) is 1.30. The van der Waals surface area contributed by atoms with Gasteiger partial charge in [0.05, 0.1) is 0 Å². The molecule has 0 unspecified atom stereocenters. The van der Waals surface area contributed by atoms with Gasteiger partial charge in [-0.25, -0.2) is 4.98 Å². The van der Waals surface area contributed by atoms with E-state index < -0.39 is 0 Å². The van der Waals surface area contributed by atoms with Crippen LogP contribution in [0.2, 0.25) is 0 Å². The van der Waals surface area contributed by atoms with Crippen molar-refractivity contribution in [2.45, 2.75) is 26.2 Å². The summed E-state index contributed by atoms with van der Waals surface area (Å²) in [6, 6.07) is 3.54. The first kappa shape index (κ1) is 14.7. The number of H-pyrrole nitrogens is 1. The van der Waals surface area contributed by atoms with Crippen LogP contribution in [0.25, 0.3) is 0 Å². The topological polar surface area (TPSA) is 115 Å². The Bertz CT molecular complexity index is 478. The van der Waals surface area contributed by atoms with E-state index in [1.807, 2.05) is 0 Å². The van der Waals surface area contributed by atoms with Crippen LogP contribution < -0.4 is 5.32 Å². The molecule has 1 aromatic rings. The second-order valence-corrected chi connectivity index (χ2v) is 3.84. The summed E-state index contributed by atoms with van der Waals surface area (Å²) in [4.78, 5) is 17.8. The Balaban J connectivity index is 2.39. The fraction of sp³-hybridized carbons (Fsp3) is 0.500. The number of rotatable bonds is 7. The third-order valence-electron chi connectivity index (χ3n) is 2.30. The zero-order valence-corrected chi connectivity index (χ0v) is 10.7. The van der Waals surface area contributed by atoms with Crippen LogP contribution in [-0.4, -0.2) is 29.1 Å². The first-order chi connectivity index (χ1) is 9.21. The number of aromatic nitrogens is 2. The molecule has 0 fully saturated rings. The summed E-state index contributed by atoms with van der Waals surface area (Å²) >= 11 is 0. The minimum atomic E-state index is -0.376. The van der Waals surface area contributed by atoms with E-state index in [-0.39, 0.29) is 29.9 Å². The number of nitriles is 2. The normalized spacial score (nSPS) is 9.63. The van der Waals surface area contributed by atoms with Crippen LogP contribution in [0.5, 0.6) is 0 Å². The molecule has 0 spiro atoms. The zero-order valence-electron chi connectivity index (χ0n) is 10.7. The highest BCUT2D eigenvalue weighted by Gasteiger charge is 2.11. The quantitative estimate of drug-likeness (QED) is 0.718. The number of hydrogen-bond donors (Lipinski definition) is 2. The van der Waals surface area contributed by atoms with E-state index in [4.69, 9.17) is 15.3 Å². The summed E-state index contributed by atoms with van der Waals surface area (Å²) in [5.41, 5.74) is -0.0108. The van der Waals surface area contributed by atoms with Gasteiger partial charge in [-0.3, -0.25) is 10.1 Å². The molecule has 0 aromatic carbocycles. The Morgan fingerprint density at radius 1 is 1.42 bits per heavy atom. The van der Waals surface area contributed by atoms with E-state index in [2.05, 4.69) is 22.2 Å². The minimum absolute atomic E-state index is 0.0293. The molecule has 1 aromatic heterocycles. The van der Waals surface area contributed by atoms with Gasteiger partial charge >= 0.3 is 0 Å². The van der Waals surface area contributed by atoms with E-state index in [0.717, 1.165) is 19.3 Å². The van der Waals surface area contributed by atoms with Crippen molar-refractivity contribution < 1.29 is 9.53 Å². The van der Waals surface area contributed by atoms with Gasteiger partial charge in [-0.1, -0.05) is 19.8 Å². The van der Waals surface area contributed by atoms with E-state index in [0.29, 0.717) is 6.61 Å². The lowest BCUT2D eigenvalue weighted by Gasteiger charge is -2.03. The number of carbonyl (C=O) groups excluding carboxylic acids is 1. The number of nitrogens with zero attached hydrogens (tertiary/aromatic N) is 3. The van der Waals surface area contributed by atoms with Crippen LogP contribution >= 0.6 is 0 Å². The van der Waals surface area contributed by atoms with Crippen LogP contribution in [-0.2, 0) is 9.53 Å². The number of imidazole rings is 1. The van der Waals surface area contributed by atoms with Crippen LogP contribution in [0.1, 0.15) is 37.6 Å². The summed E-state index contributed by atoms with van der Waals surface area (Å²) in [7, 11) is 0. The highest BCUT2D eigenvalue weighted by atomic mass is 16.5. The molecule has 19 heavy (non-hydrogen) atoms. The molecule has 0 aliphatic carbocycles. The molecule has 0 aliphatic rings. The monoisotopic (exact) mass is 261 g/mol. The lowest BCUT2D eigenvalue weighted by atomic mass is 10.3. The highest BCUT2D eigenvalue weighted by molar-refractivity contribution is 5.90. The number of hydrogen-bond acceptors (Lipinski definition) is 5. The summed E-state index contributed by atoms with van der Waals surface area (Å²) in [5.74, 6) is -0.297. The van der Waals surface area contributed by atoms with Crippen molar-refractivity contribution in [3.8, 4) is 12.1 Å². The summed E-state index contributed by atoms with van der Waals surface area (Å²) < 4.78 is 5.18. The van der Waals surface area contributed by atoms with E-state index in [1.54, 1.807) is 12.1 Å². The second-order valence-electron chi connectivity index (χ2n) is 3.84. The third kappa shape index (κ3) is 4.78. The molecular weight excluding hydrogens is 246 g/mol. The molecule has 0 bridgehead atoms. The average Bonchev–Trinajstić information content (AvgIpc) is 2.80. The maximum atomic E-state index is 11.5. The number of aromatic amines is 1. The van der Waals surface area contributed by atoms with Crippen LogP contribution in [0.3, 0.4) is 0 Å². The summed E-state index contributed by atoms with van der Waals surface area (Å²) in [6.45, 7) is 2.55. The second kappa shape index (κ2) is 7.85. The summed E-state index contributed by atoms with van der Waals surface area (Å²) in [6.07, 6.45) is 3.08.